The van der Waals surface area contributed by atoms with Gasteiger partial charge in [-0.15, -0.1) is 0 Å². The molecule has 1 heterocycles. The molecule has 0 aliphatic rings. The van der Waals surface area contributed by atoms with Crippen molar-refractivity contribution in [3.63, 3.8) is 0 Å². The summed E-state index contributed by atoms with van der Waals surface area (Å²) in [5.41, 5.74) is 3.01. The summed E-state index contributed by atoms with van der Waals surface area (Å²) in [6, 6.07) is 19.4. The number of para-hydroxylation sites is 1. The molecule has 4 rings (SSSR count). The number of benzene rings is 3. The fraction of sp³-hybridized carbons (Fsp3) is 0.222. The van der Waals surface area contributed by atoms with Crippen LogP contribution in [0, 0.1) is 5.41 Å². The van der Waals surface area contributed by atoms with Crippen molar-refractivity contribution in [2.45, 2.75) is 25.9 Å². The van der Waals surface area contributed by atoms with Crippen LogP contribution in [-0.2, 0) is 24.3 Å². The molecule has 0 radical (unpaired) electrons. The number of rotatable bonds is 9. The van der Waals surface area contributed by atoms with Crippen LogP contribution in [-0.4, -0.2) is 39.3 Å². The van der Waals surface area contributed by atoms with E-state index in [1.165, 1.54) is 0 Å². The number of carbonyl (C=O) groups is 2. The van der Waals surface area contributed by atoms with Crippen LogP contribution in [0.3, 0.4) is 0 Å². The Morgan fingerprint density at radius 1 is 0.889 bits per heavy atom. The van der Waals surface area contributed by atoms with E-state index >= 15 is 0 Å². The number of carbonyl (C=O) groups excluding carboxylic acids is 2. The van der Waals surface area contributed by atoms with Gasteiger partial charge in [0.2, 0.25) is 11.5 Å². The number of amides is 1. The zero-order valence-electron chi connectivity index (χ0n) is 19.7. The van der Waals surface area contributed by atoms with E-state index in [0.29, 0.717) is 57.6 Å². The Kier molecular flexibility index (Phi) is 8.19. The highest BCUT2D eigenvalue weighted by Crippen LogP contribution is 2.23. The molecule has 1 amide bonds. The topological polar surface area (TPSA) is 71.1 Å². The van der Waals surface area contributed by atoms with Crippen molar-refractivity contribution in [3.8, 4) is 0 Å². The smallest absolute Gasteiger partial charge is 0.226 e. The molecule has 186 valence electrons. The Morgan fingerprint density at radius 3 is 2.19 bits per heavy atom. The average Bonchev–Trinajstić information content (AvgIpc) is 3.12. The summed E-state index contributed by atoms with van der Waals surface area (Å²) in [6.07, 6.45) is 0.914. The summed E-state index contributed by atoms with van der Waals surface area (Å²) in [6.45, 7) is 0.989. The molecule has 0 fully saturated rings. The Balaban J connectivity index is 1.49. The molecule has 9 heteroatoms. The lowest BCUT2D eigenvalue weighted by Gasteiger charge is -2.17. The fourth-order valence-corrected chi connectivity index (χ4v) is 4.63. The molecule has 1 N–H and O–H groups in total. The number of aromatic nitrogens is 2. The number of ketones is 1. The van der Waals surface area contributed by atoms with Crippen molar-refractivity contribution < 1.29 is 9.59 Å². The van der Waals surface area contributed by atoms with E-state index in [2.05, 4.69) is 0 Å². The molecule has 0 saturated carbocycles. The first-order valence-electron chi connectivity index (χ1n) is 11.4. The number of Topliss-reactive ketones (excluding diaryl/α,β-unsaturated/α-hetero) is 1. The molecule has 1 aromatic heterocycles. The second kappa shape index (κ2) is 11.3. The number of imidazole rings is 1. The molecule has 36 heavy (non-hydrogen) atoms. The largest absolute Gasteiger partial charge is 0.345 e. The van der Waals surface area contributed by atoms with Crippen molar-refractivity contribution in [3.05, 3.63) is 98.5 Å². The van der Waals surface area contributed by atoms with Crippen LogP contribution in [0.25, 0.3) is 11.0 Å². The van der Waals surface area contributed by atoms with Crippen LogP contribution >= 0.6 is 34.8 Å². The molecule has 4 aromatic rings. The first-order chi connectivity index (χ1) is 17.2. The predicted molar refractivity (Wildman–Crippen MR) is 144 cm³/mol. The summed E-state index contributed by atoms with van der Waals surface area (Å²) >= 11 is 18.4. The Labute approximate surface area is 224 Å². The second-order valence-electron chi connectivity index (χ2n) is 8.57. The summed E-state index contributed by atoms with van der Waals surface area (Å²) < 4.78 is 3.46. The van der Waals surface area contributed by atoms with E-state index < -0.39 is 0 Å². The van der Waals surface area contributed by atoms with Gasteiger partial charge < -0.3 is 14.0 Å². The lowest BCUT2D eigenvalue weighted by molar-refractivity contribution is -0.129. The Hall–Kier alpha value is -3.06. The van der Waals surface area contributed by atoms with Crippen LogP contribution in [0.2, 0.25) is 15.1 Å². The van der Waals surface area contributed by atoms with Gasteiger partial charge in [-0.25, -0.2) is 0 Å². The maximum absolute atomic E-state index is 12.9. The Morgan fingerprint density at radius 2 is 1.53 bits per heavy atom. The van der Waals surface area contributed by atoms with Gasteiger partial charge in [-0.3, -0.25) is 15.0 Å². The van der Waals surface area contributed by atoms with E-state index in [9.17, 15) is 9.59 Å². The standard InChI is InChI=1S/C27H25Cl3N4O2/c1-32(25(36)16-18-6-10-20(28)11-7-18)14-3-15-33-26-22(30)4-2-5-23(26)34(27(33)31)17-24(35)19-8-12-21(29)13-9-19/h2,4-13,31H,3,14-17H2,1H3. The van der Waals surface area contributed by atoms with Gasteiger partial charge in [-0.1, -0.05) is 53.0 Å². The summed E-state index contributed by atoms with van der Waals surface area (Å²) in [5.74, 6) is -0.126. The number of fused-ring (bicyclic) bond motifs is 1. The minimum absolute atomic E-state index is 0.00226. The average molecular weight is 544 g/mol. The zero-order chi connectivity index (χ0) is 25.8. The highest BCUT2D eigenvalue weighted by atomic mass is 35.5. The quantitative estimate of drug-likeness (QED) is 0.269. The molecule has 0 aliphatic heterocycles. The van der Waals surface area contributed by atoms with Gasteiger partial charge in [0.1, 0.15) is 0 Å². The van der Waals surface area contributed by atoms with Gasteiger partial charge in [-0.2, -0.15) is 0 Å². The van der Waals surface area contributed by atoms with Crippen molar-refractivity contribution >= 4 is 57.5 Å². The van der Waals surface area contributed by atoms with E-state index in [1.807, 2.05) is 18.2 Å². The van der Waals surface area contributed by atoms with Gasteiger partial charge in [0.15, 0.2) is 5.78 Å². The van der Waals surface area contributed by atoms with Gasteiger partial charge in [0.05, 0.1) is 29.0 Å². The van der Waals surface area contributed by atoms with Gasteiger partial charge in [0, 0.05) is 35.7 Å². The first-order valence-corrected chi connectivity index (χ1v) is 12.6. The number of hydrogen-bond acceptors (Lipinski definition) is 3. The number of halogens is 3. The predicted octanol–water partition coefficient (Wildman–Crippen LogP) is 5.86. The van der Waals surface area contributed by atoms with Crippen molar-refractivity contribution in [2.24, 2.45) is 0 Å². The SMILES string of the molecule is CN(CCCn1c(=N)n(CC(=O)c2ccc(Cl)cc2)c2cccc(Cl)c21)C(=O)Cc1ccc(Cl)cc1. The van der Waals surface area contributed by atoms with Gasteiger partial charge >= 0.3 is 0 Å². The Bertz CT molecular complexity index is 1460. The summed E-state index contributed by atoms with van der Waals surface area (Å²) in [7, 11) is 1.77. The van der Waals surface area contributed by atoms with Gasteiger partial charge in [0.25, 0.3) is 0 Å². The molecular weight excluding hydrogens is 519 g/mol. The molecule has 0 bridgehead atoms. The van der Waals surface area contributed by atoms with Crippen molar-refractivity contribution in [2.75, 3.05) is 13.6 Å². The molecular formula is C27H25Cl3N4O2. The fourth-order valence-electron chi connectivity index (χ4n) is 4.11. The van der Waals surface area contributed by atoms with E-state index in [1.54, 1.807) is 69.6 Å². The van der Waals surface area contributed by atoms with Crippen LogP contribution in [0.15, 0.2) is 66.7 Å². The van der Waals surface area contributed by atoms with E-state index in [4.69, 9.17) is 40.2 Å². The highest BCUT2D eigenvalue weighted by Gasteiger charge is 2.17. The third-order valence-corrected chi connectivity index (χ3v) is 6.88. The molecule has 3 aromatic carbocycles. The minimum atomic E-state index is -0.128. The van der Waals surface area contributed by atoms with Crippen LogP contribution in [0.5, 0.6) is 0 Å². The van der Waals surface area contributed by atoms with Crippen LogP contribution < -0.4 is 5.62 Å². The van der Waals surface area contributed by atoms with E-state index in [0.717, 1.165) is 5.56 Å². The van der Waals surface area contributed by atoms with Crippen molar-refractivity contribution in [1.82, 2.24) is 14.0 Å². The van der Waals surface area contributed by atoms with Gasteiger partial charge in [-0.05, 0) is 60.5 Å². The minimum Gasteiger partial charge on any atom is -0.345 e. The molecule has 0 aliphatic carbocycles. The third kappa shape index (κ3) is 5.84. The number of nitrogens with zero attached hydrogens (tertiary/aromatic N) is 3. The number of nitrogens with one attached hydrogen (secondary N) is 1. The monoisotopic (exact) mass is 542 g/mol. The van der Waals surface area contributed by atoms with Crippen LogP contribution in [0.4, 0.5) is 0 Å². The van der Waals surface area contributed by atoms with Crippen LogP contribution in [0.1, 0.15) is 22.3 Å². The lowest BCUT2D eigenvalue weighted by atomic mass is 10.1. The number of aryl methyl sites for hydroxylation is 1. The molecule has 0 spiro atoms. The molecule has 0 atom stereocenters. The molecule has 0 unspecified atom stereocenters. The van der Waals surface area contributed by atoms with Crippen molar-refractivity contribution in [1.29, 1.82) is 5.41 Å². The number of hydrogen-bond donors (Lipinski definition) is 1. The molecule has 0 saturated heterocycles. The second-order valence-corrected chi connectivity index (χ2v) is 9.85. The zero-order valence-corrected chi connectivity index (χ0v) is 21.9. The lowest BCUT2D eigenvalue weighted by Crippen LogP contribution is -2.31. The maximum Gasteiger partial charge on any atom is 0.226 e. The summed E-state index contributed by atoms with van der Waals surface area (Å²) in [4.78, 5) is 27.2. The third-order valence-electron chi connectivity index (χ3n) is 6.08. The first kappa shape index (κ1) is 26.0. The maximum atomic E-state index is 12.9. The molecule has 6 nitrogen and oxygen atoms in total. The summed E-state index contributed by atoms with van der Waals surface area (Å²) in [5, 5.41) is 10.5. The highest BCUT2D eigenvalue weighted by molar-refractivity contribution is 6.35. The van der Waals surface area contributed by atoms with E-state index in [-0.39, 0.29) is 23.9 Å². The number of likely N-dealkylation sites (N-methyl/N-ethyl adjacent to an activating group) is 1. The normalized spacial score (nSPS) is 11.1.